The van der Waals surface area contributed by atoms with Gasteiger partial charge in [0.1, 0.15) is 11.4 Å². The van der Waals surface area contributed by atoms with Gasteiger partial charge >= 0.3 is 0 Å². The molecule has 0 unspecified atom stereocenters. The van der Waals surface area contributed by atoms with Gasteiger partial charge in [-0.3, -0.25) is 20.2 Å². The van der Waals surface area contributed by atoms with Crippen molar-refractivity contribution in [1.82, 2.24) is 0 Å². The minimum Gasteiger partial charge on any atom is -0.506 e. The second-order valence-corrected chi connectivity index (χ2v) is 8.69. The van der Waals surface area contributed by atoms with Crippen LogP contribution in [0.2, 0.25) is 0 Å². The maximum absolute atomic E-state index is 11.3. The first-order valence-corrected chi connectivity index (χ1v) is 8.83. The van der Waals surface area contributed by atoms with Gasteiger partial charge in [0.25, 0.3) is 11.4 Å². The third kappa shape index (κ3) is 4.97. The van der Waals surface area contributed by atoms with Gasteiger partial charge in [0.05, 0.1) is 21.6 Å². The molecule has 0 aromatic heterocycles. The maximum Gasteiger partial charge on any atom is 0.299 e. The Balaban J connectivity index is 2.45. The van der Waals surface area contributed by atoms with Gasteiger partial charge in [0.15, 0.2) is 0 Å². The highest BCUT2D eigenvalue weighted by Gasteiger charge is 2.28. The second-order valence-electron chi connectivity index (χ2n) is 8.69. The number of benzene rings is 2. The normalized spacial score (nSPS) is 11.9. The molecule has 0 aliphatic rings. The Morgan fingerprint density at radius 3 is 2.11 bits per heavy atom. The van der Waals surface area contributed by atoms with E-state index in [-0.39, 0.29) is 28.0 Å². The van der Waals surface area contributed by atoms with Crippen LogP contribution in [0, 0.1) is 25.6 Å². The quantitative estimate of drug-likeness (QED) is 0.375. The van der Waals surface area contributed by atoms with E-state index in [9.17, 15) is 25.3 Å². The Morgan fingerprint density at radius 2 is 1.57 bits per heavy atom. The molecule has 2 aromatic rings. The molecule has 0 aliphatic carbocycles. The first-order valence-electron chi connectivity index (χ1n) is 8.83. The SMILES string of the molecule is CC(C)(C)CC(C)(C)c1ccc(O)c(Nc2ccc([N+](=O)[O-])cc2[N+](=O)[O-])c1. The molecule has 2 aromatic carbocycles. The average Bonchev–Trinajstić information content (AvgIpc) is 2.54. The van der Waals surface area contributed by atoms with Gasteiger partial charge in [-0.1, -0.05) is 40.7 Å². The van der Waals surface area contributed by atoms with Crippen molar-refractivity contribution in [1.29, 1.82) is 0 Å². The van der Waals surface area contributed by atoms with Crippen LogP contribution in [-0.4, -0.2) is 15.0 Å². The van der Waals surface area contributed by atoms with Gasteiger partial charge in [-0.25, -0.2) is 0 Å². The van der Waals surface area contributed by atoms with Crippen LogP contribution in [0.4, 0.5) is 22.7 Å². The number of hydrogen-bond donors (Lipinski definition) is 2. The van der Waals surface area contributed by atoms with Crippen LogP contribution in [0.1, 0.15) is 46.6 Å². The fraction of sp³-hybridized carbons (Fsp3) is 0.400. The molecule has 2 rings (SSSR count). The summed E-state index contributed by atoms with van der Waals surface area (Å²) in [6.45, 7) is 10.6. The lowest BCUT2D eigenvalue weighted by molar-refractivity contribution is -0.393. The molecule has 0 saturated carbocycles. The minimum atomic E-state index is -0.695. The van der Waals surface area contributed by atoms with Crippen LogP contribution < -0.4 is 5.32 Å². The molecule has 0 amide bonds. The predicted molar refractivity (Wildman–Crippen MR) is 108 cm³/mol. The monoisotopic (exact) mass is 387 g/mol. The van der Waals surface area contributed by atoms with Crippen molar-refractivity contribution in [3.63, 3.8) is 0 Å². The van der Waals surface area contributed by atoms with E-state index in [4.69, 9.17) is 0 Å². The summed E-state index contributed by atoms with van der Waals surface area (Å²) in [4.78, 5) is 20.8. The van der Waals surface area contributed by atoms with Gasteiger partial charge in [0.2, 0.25) is 0 Å². The third-order valence-electron chi connectivity index (χ3n) is 4.41. The van der Waals surface area contributed by atoms with Crippen LogP contribution in [0.15, 0.2) is 36.4 Å². The first kappa shape index (κ1) is 21.1. The number of nitrogens with zero attached hydrogens (tertiary/aromatic N) is 2. The van der Waals surface area contributed by atoms with Gasteiger partial charge in [-0.15, -0.1) is 0 Å². The zero-order valence-corrected chi connectivity index (χ0v) is 16.6. The van der Waals surface area contributed by atoms with Crippen LogP contribution >= 0.6 is 0 Å². The van der Waals surface area contributed by atoms with E-state index in [0.29, 0.717) is 5.69 Å². The standard InChI is InChI=1S/C20H25N3O5/c1-19(2,3)12-20(4,5)13-6-9-18(24)16(10-13)21-15-8-7-14(22(25)26)11-17(15)23(27)28/h6-11,21,24H,12H2,1-5H3. The molecule has 150 valence electrons. The Hall–Kier alpha value is -3.16. The molecule has 0 fully saturated rings. The van der Waals surface area contributed by atoms with E-state index in [0.717, 1.165) is 18.1 Å². The average molecular weight is 387 g/mol. The van der Waals surface area contributed by atoms with Gasteiger partial charge in [-0.05, 0) is 41.0 Å². The number of aromatic hydroxyl groups is 1. The van der Waals surface area contributed by atoms with Gasteiger partial charge in [0, 0.05) is 6.07 Å². The van der Waals surface area contributed by atoms with E-state index >= 15 is 0 Å². The summed E-state index contributed by atoms with van der Waals surface area (Å²) >= 11 is 0. The Morgan fingerprint density at radius 1 is 0.929 bits per heavy atom. The number of phenolic OH excluding ortho intramolecular Hbond substituents is 1. The van der Waals surface area contributed by atoms with E-state index in [1.54, 1.807) is 12.1 Å². The van der Waals surface area contributed by atoms with Gasteiger partial charge in [-0.2, -0.15) is 0 Å². The summed E-state index contributed by atoms with van der Waals surface area (Å²) < 4.78 is 0. The largest absolute Gasteiger partial charge is 0.506 e. The number of phenols is 1. The van der Waals surface area contributed by atoms with Crippen molar-refractivity contribution in [2.75, 3.05) is 5.32 Å². The van der Waals surface area contributed by atoms with Crippen molar-refractivity contribution in [2.45, 2.75) is 46.5 Å². The lowest BCUT2D eigenvalue weighted by atomic mass is 9.72. The molecule has 28 heavy (non-hydrogen) atoms. The van der Waals surface area contributed by atoms with Gasteiger partial charge < -0.3 is 10.4 Å². The molecule has 8 heteroatoms. The highest BCUT2D eigenvalue weighted by Crippen LogP contribution is 2.40. The summed E-state index contributed by atoms with van der Waals surface area (Å²) in [7, 11) is 0. The smallest absolute Gasteiger partial charge is 0.299 e. The molecule has 2 N–H and O–H groups in total. The van der Waals surface area contributed by atoms with E-state index in [1.807, 2.05) is 6.07 Å². The molecular formula is C20H25N3O5. The summed E-state index contributed by atoms with van der Waals surface area (Å²) in [6.07, 6.45) is 0.891. The molecule has 0 aliphatic heterocycles. The van der Waals surface area contributed by atoms with Crippen molar-refractivity contribution in [2.24, 2.45) is 5.41 Å². The summed E-state index contributed by atoms with van der Waals surface area (Å²) in [5, 5.41) is 35.3. The Labute approximate surface area is 163 Å². The Kier molecular flexibility index (Phi) is 5.63. The second kappa shape index (κ2) is 7.46. The number of non-ortho nitro benzene ring substituents is 1. The molecular weight excluding hydrogens is 362 g/mol. The van der Waals surface area contributed by atoms with Crippen molar-refractivity contribution in [3.05, 3.63) is 62.2 Å². The molecule has 0 saturated heterocycles. The zero-order chi connectivity index (χ0) is 21.3. The van der Waals surface area contributed by atoms with Crippen LogP contribution in [0.5, 0.6) is 5.75 Å². The Bertz CT molecular complexity index is 917. The molecule has 0 spiro atoms. The number of hydrogen-bond acceptors (Lipinski definition) is 6. The summed E-state index contributed by atoms with van der Waals surface area (Å²) in [6, 6.07) is 8.47. The highest BCUT2D eigenvalue weighted by atomic mass is 16.6. The number of rotatable bonds is 6. The number of nitro groups is 2. The zero-order valence-electron chi connectivity index (χ0n) is 16.6. The van der Waals surface area contributed by atoms with Crippen LogP contribution in [0.25, 0.3) is 0 Å². The summed E-state index contributed by atoms with van der Waals surface area (Å²) in [5.74, 6) is -0.0667. The number of nitro benzene ring substituents is 2. The number of nitrogens with one attached hydrogen (secondary N) is 1. The van der Waals surface area contributed by atoms with E-state index in [1.165, 1.54) is 12.1 Å². The van der Waals surface area contributed by atoms with Crippen LogP contribution in [0.3, 0.4) is 0 Å². The lowest BCUT2D eigenvalue weighted by Crippen LogP contribution is -2.24. The molecule has 0 atom stereocenters. The lowest BCUT2D eigenvalue weighted by Gasteiger charge is -2.33. The predicted octanol–water partition coefficient (Wildman–Crippen LogP) is 5.67. The molecule has 0 radical (unpaired) electrons. The van der Waals surface area contributed by atoms with Crippen molar-refractivity contribution < 1.29 is 15.0 Å². The van der Waals surface area contributed by atoms with Crippen molar-refractivity contribution in [3.8, 4) is 5.75 Å². The fourth-order valence-electron chi connectivity index (χ4n) is 3.52. The van der Waals surface area contributed by atoms with Crippen molar-refractivity contribution >= 4 is 22.7 Å². The van der Waals surface area contributed by atoms with Crippen LogP contribution in [-0.2, 0) is 5.41 Å². The fourth-order valence-corrected chi connectivity index (χ4v) is 3.52. The third-order valence-corrected chi connectivity index (χ3v) is 4.41. The van der Waals surface area contributed by atoms with E-state index < -0.39 is 15.5 Å². The highest BCUT2D eigenvalue weighted by molar-refractivity contribution is 5.75. The topological polar surface area (TPSA) is 119 Å². The number of anilines is 2. The molecule has 0 heterocycles. The first-order chi connectivity index (χ1) is 12.8. The van der Waals surface area contributed by atoms with E-state index in [2.05, 4.69) is 39.9 Å². The molecule has 8 nitrogen and oxygen atoms in total. The molecule has 0 bridgehead atoms. The summed E-state index contributed by atoms with van der Waals surface area (Å²) in [5.41, 5.74) is 0.422. The minimum absolute atomic E-state index is 0.0664. The maximum atomic E-state index is 11.3.